The van der Waals surface area contributed by atoms with Crippen LogP contribution < -0.4 is 5.32 Å². The monoisotopic (exact) mass is 823 g/mol. The number of aryl methyl sites for hydroxylation is 2. The van der Waals surface area contributed by atoms with Crippen LogP contribution in [0.15, 0.2) is 259 Å². The number of hydrogen-bond donors (Lipinski definition) is 1. The van der Waals surface area contributed by atoms with Crippen molar-refractivity contribution in [2.75, 3.05) is 0 Å². The van der Waals surface area contributed by atoms with Crippen LogP contribution in [0, 0.1) is 13.8 Å². The summed E-state index contributed by atoms with van der Waals surface area (Å²) < 4.78 is 0. The van der Waals surface area contributed by atoms with Crippen LogP contribution in [-0.4, -0.2) is 11.7 Å². The molecule has 1 unspecified atom stereocenters. The Balaban J connectivity index is 1.19. The quantitative estimate of drug-likeness (QED) is 0.130. The van der Waals surface area contributed by atoms with Gasteiger partial charge in [-0.1, -0.05) is 237 Å². The molecule has 0 spiro atoms. The number of nitrogens with zero attached hydrogens (tertiary/aromatic N) is 2. The molecule has 1 N–H and O–H groups in total. The maximum absolute atomic E-state index is 5.50. The highest BCUT2D eigenvalue weighted by Gasteiger charge is 2.40. The summed E-state index contributed by atoms with van der Waals surface area (Å²) in [5.41, 5.74) is 13.6. The molecule has 10 rings (SSSR count). The average molecular weight is 824 g/mol. The maximum atomic E-state index is 5.50. The molecule has 0 saturated heterocycles. The van der Waals surface area contributed by atoms with E-state index in [1.165, 1.54) is 44.5 Å². The van der Waals surface area contributed by atoms with Gasteiger partial charge in [-0.05, 0) is 81.6 Å². The van der Waals surface area contributed by atoms with Crippen molar-refractivity contribution in [2.24, 2.45) is 9.98 Å². The van der Waals surface area contributed by atoms with Crippen LogP contribution in [0.1, 0.15) is 78.5 Å². The van der Waals surface area contributed by atoms with E-state index in [0.29, 0.717) is 5.84 Å². The first-order valence-corrected chi connectivity index (χ1v) is 22.1. The smallest absolute Gasteiger partial charge is 0.159 e. The molecule has 0 aromatic heterocycles. The van der Waals surface area contributed by atoms with Crippen LogP contribution in [0.4, 0.5) is 0 Å². The molecule has 0 radical (unpaired) electrons. The van der Waals surface area contributed by atoms with E-state index >= 15 is 0 Å². The maximum Gasteiger partial charge on any atom is 0.159 e. The minimum atomic E-state index is -0.615. The van der Waals surface area contributed by atoms with E-state index in [1.54, 1.807) is 0 Å². The zero-order chi connectivity index (χ0) is 43.4. The second-order valence-electron chi connectivity index (χ2n) is 16.6. The number of hydrogen-bond acceptors (Lipinski definition) is 3. The third kappa shape index (κ3) is 7.15. The Hall–Kier alpha value is -7.88. The highest BCUT2D eigenvalue weighted by molar-refractivity contribution is 6.13. The van der Waals surface area contributed by atoms with Gasteiger partial charge in [-0.15, -0.1) is 0 Å². The number of nitrogens with one attached hydrogen (secondary N) is 1. The van der Waals surface area contributed by atoms with Crippen LogP contribution in [0.3, 0.4) is 0 Å². The van der Waals surface area contributed by atoms with Crippen molar-refractivity contribution in [3.63, 3.8) is 0 Å². The van der Waals surface area contributed by atoms with Gasteiger partial charge < -0.3 is 5.32 Å². The van der Waals surface area contributed by atoms with Gasteiger partial charge in [-0.2, -0.15) is 0 Å². The lowest BCUT2D eigenvalue weighted by Gasteiger charge is -2.37. The molecular weight excluding hydrogens is 775 g/mol. The first kappa shape index (κ1) is 40.2. The molecule has 1 atom stereocenters. The van der Waals surface area contributed by atoms with E-state index in [9.17, 15) is 0 Å². The molecule has 308 valence electrons. The number of amidine groups is 2. The lowest BCUT2D eigenvalue weighted by molar-refractivity contribution is 0.665. The van der Waals surface area contributed by atoms with Gasteiger partial charge >= 0.3 is 0 Å². The van der Waals surface area contributed by atoms with Crippen molar-refractivity contribution >= 4 is 11.7 Å². The SMILES string of the molecule is Cc1cccc(C)c1C1N=C(c2cccc(C(c3ccccc3)(c3ccccc3)c3ccccc3)c2)N=C(c2cccc(C(c3ccccc3)(c3ccccc3)c3ccccc3)c2)N1. The summed E-state index contributed by atoms with van der Waals surface area (Å²) in [6.45, 7) is 4.35. The van der Waals surface area contributed by atoms with Gasteiger partial charge in [-0.3, -0.25) is 0 Å². The first-order chi connectivity index (χ1) is 31.6. The standard InChI is InChI=1S/C61H49N3/c1-44-24-21-25-45(2)56(44)59-63-57(46-26-22-40-54(42-46)60(48-28-9-3-10-29-48,49-30-11-4-12-31-49)50-32-13-5-14-33-50)62-58(64-59)47-27-23-41-55(43-47)61(51-34-15-6-16-35-51,52-36-17-7-18-37-52)53-38-19-8-20-39-53/h3-43,59H,1-2H3,(H,62,63,64). The van der Waals surface area contributed by atoms with Crippen molar-refractivity contribution < 1.29 is 0 Å². The number of benzene rings is 9. The molecule has 1 heterocycles. The third-order valence-electron chi connectivity index (χ3n) is 12.9. The van der Waals surface area contributed by atoms with Gasteiger partial charge in [0.05, 0.1) is 10.8 Å². The highest BCUT2D eigenvalue weighted by Crippen LogP contribution is 2.47. The molecule has 0 fully saturated rings. The van der Waals surface area contributed by atoms with Crippen LogP contribution in [-0.2, 0) is 10.8 Å². The zero-order valence-electron chi connectivity index (χ0n) is 36.1. The van der Waals surface area contributed by atoms with Gasteiger partial charge in [0.2, 0.25) is 0 Å². The lowest BCUT2D eigenvalue weighted by Crippen LogP contribution is -2.35. The van der Waals surface area contributed by atoms with Crippen LogP contribution in [0.5, 0.6) is 0 Å². The van der Waals surface area contributed by atoms with Gasteiger partial charge in [0.1, 0.15) is 12.0 Å². The molecule has 0 bridgehead atoms. The molecule has 64 heavy (non-hydrogen) atoms. The predicted octanol–water partition coefficient (Wildman–Crippen LogP) is 13.6. The van der Waals surface area contributed by atoms with E-state index in [2.05, 4.69) is 268 Å². The zero-order valence-corrected chi connectivity index (χ0v) is 36.1. The van der Waals surface area contributed by atoms with Gasteiger partial charge in [-0.25, -0.2) is 9.98 Å². The normalized spacial score (nSPS) is 13.9. The number of rotatable bonds is 11. The summed E-state index contributed by atoms with van der Waals surface area (Å²) >= 11 is 0. The minimum absolute atomic E-state index is 0.375. The summed E-state index contributed by atoms with van der Waals surface area (Å²) in [6, 6.07) is 89.5. The van der Waals surface area contributed by atoms with Gasteiger partial charge in [0.15, 0.2) is 5.84 Å². The summed E-state index contributed by atoms with van der Waals surface area (Å²) in [6.07, 6.45) is -0.375. The Bertz CT molecular complexity index is 2860. The lowest BCUT2D eigenvalue weighted by atomic mass is 9.65. The molecule has 3 nitrogen and oxygen atoms in total. The summed E-state index contributed by atoms with van der Waals surface area (Å²) in [4.78, 5) is 11.0. The third-order valence-corrected chi connectivity index (χ3v) is 12.9. The molecule has 0 amide bonds. The van der Waals surface area contributed by atoms with Gasteiger partial charge in [0, 0.05) is 16.7 Å². The minimum Gasteiger partial charge on any atom is -0.344 e. The first-order valence-electron chi connectivity index (χ1n) is 22.1. The second-order valence-corrected chi connectivity index (χ2v) is 16.6. The largest absolute Gasteiger partial charge is 0.344 e. The van der Waals surface area contributed by atoms with Gasteiger partial charge in [0.25, 0.3) is 0 Å². The number of aliphatic imine (C=N–C) groups is 2. The fourth-order valence-corrected chi connectivity index (χ4v) is 10.1. The van der Waals surface area contributed by atoms with Crippen molar-refractivity contribution in [1.29, 1.82) is 0 Å². The molecule has 0 saturated carbocycles. The average Bonchev–Trinajstić information content (AvgIpc) is 3.37. The topological polar surface area (TPSA) is 36.8 Å². The van der Waals surface area contributed by atoms with E-state index in [4.69, 9.17) is 9.98 Å². The Kier molecular flexibility index (Phi) is 11.0. The van der Waals surface area contributed by atoms with Crippen LogP contribution in [0.25, 0.3) is 0 Å². The Morgan fingerprint density at radius 1 is 0.344 bits per heavy atom. The molecular formula is C61H49N3. The fraction of sp³-hybridized carbons (Fsp3) is 0.0820. The molecule has 3 heteroatoms. The van der Waals surface area contributed by atoms with E-state index < -0.39 is 10.8 Å². The predicted molar refractivity (Wildman–Crippen MR) is 264 cm³/mol. The summed E-state index contributed by atoms with van der Waals surface area (Å²) in [7, 11) is 0. The Labute approximate surface area is 377 Å². The Morgan fingerprint density at radius 3 is 1.03 bits per heavy atom. The molecule has 1 aliphatic heterocycles. The van der Waals surface area contributed by atoms with E-state index in [-0.39, 0.29) is 6.17 Å². The van der Waals surface area contributed by atoms with Crippen molar-refractivity contribution in [3.05, 3.63) is 321 Å². The molecule has 9 aromatic carbocycles. The van der Waals surface area contributed by atoms with Crippen LogP contribution >= 0.6 is 0 Å². The summed E-state index contributed by atoms with van der Waals surface area (Å²) in [5.74, 6) is 1.45. The van der Waals surface area contributed by atoms with Crippen molar-refractivity contribution in [1.82, 2.24) is 5.32 Å². The molecule has 9 aromatic rings. The van der Waals surface area contributed by atoms with Crippen molar-refractivity contribution in [3.8, 4) is 0 Å². The van der Waals surface area contributed by atoms with Crippen molar-refractivity contribution in [2.45, 2.75) is 30.8 Å². The molecule has 1 aliphatic rings. The fourth-order valence-electron chi connectivity index (χ4n) is 10.1. The Morgan fingerprint density at radius 2 is 0.656 bits per heavy atom. The second kappa shape index (κ2) is 17.5. The van der Waals surface area contributed by atoms with E-state index in [1.807, 2.05) is 0 Å². The highest BCUT2D eigenvalue weighted by atomic mass is 15.2. The van der Waals surface area contributed by atoms with Crippen LogP contribution in [0.2, 0.25) is 0 Å². The molecule has 0 aliphatic carbocycles. The summed E-state index contributed by atoms with van der Waals surface area (Å²) in [5, 5.41) is 3.85. The van der Waals surface area contributed by atoms with E-state index in [0.717, 1.165) is 33.7 Å².